The van der Waals surface area contributed by atoms with Gasteiger partial charge in [-0.1, -0.05) is 28.1 Å². The fourth-order valence-corrected chi connectivity index (χ4v) is 4.82. The van der Waals surface area contributed by atoms with Crippen LogP contribution in [-0.2, 0) is 10.0 Å². The molecule has 0 aliphatic heterocycles. The molecule has 2 aromatic rings. The van der Waals surface area contributed by atoms with Crippen molar-refractivity contribution in [1.82, 2.24) is 0 Å². The molecule has 0 spiro atoms. The van der Waals surface area contributed by atoms with Crippen molar-refractivity contribution in [1.29, 1.82) is 0 Å². The van der Waals surface area contributed by atoms with Gasteiger partial charge in [-0.15, -0.1) is 0 Å². The second-order valence-electron chi connectivity index (χ2n) is 4.45. The zero-order valence-corrected chi connectivity index (χ0v) is 14.9. The van der Waals surface area contributed by atoms with Gasteiger partial charge in [-0.25, -0.2) is 8.42 Å². The minimum absolute atomic E-state index is 0.224. The molecule has 1 N–H and O–H groups in total. The first kappa shape index (κ1) is 15.5. The summed E-state index contributed by atoms with van der Waals surface area (Å²) in [5, 5.41) is 0. The summed E-state index contributed by atoms with van der Waals surface area (Å²) < 4.78 is 29.0. The van der Waals surface area contributed by atoms with Gasteiger partial charge in [0.1, 0.15) is 4.90 Å². The molecule has 0 aromatic heterocycles. The molecular weight excluding hydrogens is 406 g/mol. The van der Waals surface area contributed by atoms with E-state index in [1.165, 1.54) is 0 Å². The zero-order chi connectivity index (χ0) is 14.9. The highest BCUT2D eigenvalue weighted by Gasteiger charge is 2.19. The molecule has 20 heavy (non-hydrogen) atoms. The number of sulfonamides is 1. The fraction of sp³-hybridized carbons (Fsp3) is 0.143. The Labute approximate surface area is 135 Å². The lowest BCUT2D eigenvalue weighted by Crippen LogP contribution is -2.15. The molecule has 0 unspecified atom stereocenters. The van der Waals surface area contributed by atoms with E-state index in [1.807, 2.05) is 26.0 Å². The second kappa shape index (κ2) is 5.87. The summed E-state index contributed by atoms with van der Waals surface area (Å²) in [4.78, 5) is 0.224. The van der Waals surface area contributed by atoms with Crippen LogP contribution in [0.25, 0.3) is 0 Å². The van der Waals surface area contributed by atoms with Gasteiger partial charge in [0.25, 0.3) is 10.0 Å². The largest absolute Gasteiger partial charge is 0.279 e. The van der Waals surface area contributed by atoms with E-state index in [4.69, 9.17) is 0 Å². The molecule has 0 saturated carbocycles. The SMILES string of the molecule is Cc1cc(Br)cc(C)c1NS(=O)(=O)c1ccccc1Br. The van der Waals surface area contributed by atoms with Crippen molar-refractivity contribution in [3.63, 3.8) is 0 Å². The molecule has 3 nitrogen and oxygen atoms in total. The Morgan fingerprint density at radius 3 is 2.10 bits per heavy atom. The standard InChI is InChI=1S/C14H13Br2NO2S/c1-9-7-11(15)8-10(2)14(9)17-20(18,19)13-6-4-3-5-12(13)16/h3-8,17H,1-2H3. The molecule has 0 heterocycles. The van der Waals surface area contributed by atoms with Gasteiger partial charge in [-0.3, -0.25) is 4.72 Å². The van der Waals surface area contributed by atoms with Crippen LogP contribution in [0, 0.1) is 13.8 Å². The number of hydrogen-bond donors (Lipinski definition) is 1. The van der Waals surface area contributed by atoms with Crippen molar-refractivity contribution < 1.29 is 8.42 Å². The normalized spacial score (nSPS) is 11.4. The van der Waals surface area contributed by atoms with E-state index in [0.717, 1.165) is 15.6 Å². The molecule has 0 saturated heterocycles. The number of rotatable bonds is 3. The van der Waals surface area contributed by atoms with Crippen molar-refractivity contribution in [2.75, 3.05) is 4.72 Å². The molecule has 2 rings (SSSR count). The minimum Gasteiger partial charge on any atom is -0.279 e. The Morgan fingerprint density at radius 1 is 1.00 bits per heavy atom. The van der Waals surface area contributed by atoms with Gasteiger partial charge >= 0.3 is 0 Å². The lowest BCUT2D eigenvalue weighted by atomic mass is 10.1. The highest BCUT2D eigenvalue weighted by atomic mass is 79.9. The predicted octanol–water partition coefficient (Wildman–Crippen LogP) is 4.63. The maximum atomic E-state index is 12.5. The van der Waals surface area contributed by atoms with Gasteiger partial charge in [0, 0.05) is 8.95 Å². The van der Waals surface area contributed by atoms with E-state index < -0.39 is 10.0 Å². The third kappa shape index (κ3) is 3.24. The molecule has 0 radical (unpaired) electrons. The number of aryl methyl sites for hydroxylation is 2. The average molecular weight is 419 g/mol. The van der Waals surface area contributed by atoms with Gasteiger partial charge in [-0.2, -0.15) is 0 Å². The number of hydrogen-bond acceptors (Lipinski definition) is 2. The van der Waals surface area contributed by atoms with Gasteiger partial charge in [0.15, 0.2) is 0 Å². The second-order valence-corrected chi connectivity index (χ2v) is 7.87. The lowest BCUT2D eigenvalue weighted by Gasteiger charge is -2.14. The van der Waals surface area contributed by atoms with Crippen LogP contribution in [0.4, 0.5) is 5.69 Å². The summed E-state index contributed by atoms with van der Waals surface area (Å²) >= 11 is 6.67. The van der Waals surface area contributed by atoms with Gasteiger partial charge in [-0.05, 0) is 65.2 Å². The highest BCUT2D eigenvalue weighted by molar-refractivity contribution is 9.10. The van der Waals surface area contributed by atoms with Crippen LogP contribution in [0.5, 0.6) is 0 Å². The summed E-state index contributed by atoms with van der Waals surface area (Å²) in [5.74, 6) is 0. The van der Waals surface area contributed by atoms with Crippen molar-refractivity contribution in [2.24, 2.45) is 0 Å². The van der Waals surface area contributed by atoms with Crippen molar-refractivity contribution in [2.45, 2.75) is 18.7 Å². The highest BCUT2D eigenvalue weighted by Crippen LogP contribution is 2.29. The molecular formula is C14H13Br2NO2S. The Morgan fingerprint density at radius 2 is 1.55 bits per heavy atom. The predicted molar refractivity (Wildman–Crippen MR) is 88.6 cm³/mol. The molecule has 0 aliphatic carbocycles. The maximum Gasteiger partial charge on any atom is 0.263 e. The van der Waals surface area contributed by atoms with Gasteiger partial charge in [0.05, 0.1) is 5.69 Å². The fourth-order valence-electron chi connectivity index (χ4n) is 1.92. The molecule has 0 aliphatic rings. The molecule has 6 heteroatoms. The summed E-state index contributed by atoms with van der Waals surface area (Å²) in [6.45, 7) is 3.74. The first-order valence-electron chi connectivity index (χ1n) is 5.85. The van der Waals surface area contributed by atoms with Crippen LogP contribution >= 0.6 is 31.9 Å². The van der Waals surface area contributed by atoms with Crippen molar-refractivity contribution >= 4 is 47.6 Å². The van der Waals surface area contributed by atoms with Crippen LogP contribution in [0.1, 0.15) is 11.1 Å². The monoisotopic (exact) mass is 417 g/mol. The maximum absolute atomic E-state index is 12.5. The van der Waals surface area contributed by atoms with E-state index in [1.54, 1.807) is 24.3 Å². The summed E-state index contributed by atoms with van der Waals surface area (Å²) in [6, 6.07) is 10.5. The Bertz CT molecular complexity index is 735. The molecule has 0 amide bonds. The summed E-state index contributed by atoms with van der Waals surface area (Å²) in [7, 11) is -3.61. The molecule has 2 aromatic carbocycles. The van der Waals surface area contributed by atoms with Crippen LogP contribution in [0.2, 0.25) is 0 Å². The molecule has 0 bridgehead atoms. The van der Waals surface area contributed by atoms with E-state index in [-0.39, 0.29) is 4.90 Å². The topological polar surface area (TPSA) is 46.2 Å². The van der Waals surface area contributed by atoms with Crippen molar-refractivity contribution in [3.8, 4) is 0 Å². The number of anilines is 1. The van der Waals surface area contributed by atoms with Crippen LogP contribution in [0.3, 0.4) is 0 Å². The zero-order valence-electron chi connectivity index (χ0n) is 10.9. The van der Waals surface area contributed by atoms with Crippen molar-refractivity contribution in [3.05, 3.63) is 56.5 Å². The Kier molecular flexibility index (Phi) is 4.56. The van der Waals surface area contributed by atoms with Crippen LogP contribution in [-0.4, -0.2) is 8.42 Å². The Balaban J connectivity index is 2.47. The first-order valence-corrected chi connectivity index (χ1v) is 8.92. The van der Waals surface area contributed by atoms with E-state index in [0.29, 0.717) is 10.2 Å². The number of halogens is 2. The third-order valence-electron chi connectivity index (χ3n) is 2.86. The van der Waals surface area contributed by atoms with E-state index in [2.05, 4.69) is 36.6 Å². The Hall–Kier alpha value is -0.850. The lowest BCUT2D eigenvalue weighted by molar-refractivity contribution is 0.600. The molecule has 106 valence electrons. The van der Waals surface area contributed by atoms with Crippen LogP contribution in [0.15, 0.2) is 50.2 Å². The van der Waals surface area contributed by atoms with Gasteiger partial charge < -0.3 is 0 Å². The first-order chi connectivity index (χ1) is 9.31. The quantitative estimate of drug-likeness (QED) is 0.789. The number of benzene rings is 2. The average Bonchev–Trinajstić information content (AvgIpc) is 2.34. The number of nitrogens with one attached hydrogen (secondary N) is 1. The smallest absolute Gasteiger partial charge is 0.263 e. The summed E-state index contributed by atoms with van der Waals surface area (Å²) in [5.41, 5.74) is 2.35. The van der Waals surface area contributed by atoms with Crippen LogP contribution < -0.4 is 4.72 Å². The summed E-state index contributed by atoms with van der Waals surface area (Å²) in [6.07, 6.45) is 0. The molecule has 0 fully saturated rings. The van der Waals surface area contributed by atoms with E-state index in [9.17, 15) is 8.42 Å². The van der Waals surface area contributed by atoms with E-state index >= 15 is 0 Å². The third-order valence-corrected chi connectivity index (χ3v) is 5.68. The molecule has 0 atom stereocenters. The minimum atomic E-state index is -3.61. The van der Waals surface area contributed by atoms with Gasteiger partial charge in [0.2, 0.25) is 0 Å².